The van der Waals surface area contributed by atoms with Gasteiger partial charge in [0.05, 0.1) is 29.3 Å². The van der Waals surface area contributed by atoms with Gasteiger partial charge in [-0.25, -0.2) is 9.97 Å². The third-order valence-corrected chi connectivity index (χ3v) is 5.78. The number of aromatic amines is 1. The molecule has 1 atom stereocenters. The first-order valence-corrected chi connectivity index (χ1v) is 11.5. The highest BCUT2D eigenvalue weighted by molar-refractivity contribution is 5.78. The highest BCUT2D eigenvalue weighted by Crippen LogP contribution is 2.33. The zero-order valence-electron chi connectivity index (χ0n) is 20.4. The molecule has 12 nitrogen and oxygen atoms in total. The molecule has 190 valence electrons. The SMILES string of the molecule is Cn1[nH]c(=O)c2ccc(Nc3cc(N[C@H](CO)c4ccccc4)c(-c4nc(C(C)(C)O)no4)cn3)nc21. The van der Waals surface area contributed by atoms with Gasteiger partial charge in [0, 0.05) is 19.3 Å². The maximum atomic E-state index is 12.0. The van der Waals surface area contributed by atoms with Gasteiger partial charge in [-0.15, -0.1) is 0 Å². The first-order chi connectivity index (χ1) is 17.7. The van der Waals surface area contributed by atoms with E-state index >= 15 is 0 Å². The molecule has 5 rings (SSSR count). The highest BCUT2D eigenvalue weighted by atomic mass is 16.5. The van der Waals surface area contributed by atoms with Crippen molar-refractivity contribution < 1.29 is 14.7 Å². The van der Waals surface area contributed by atoms with Crippen LogP contribution in [0.25, 0.3) is 22.5 Å². The third-order valence-electron chi connectivity index (χ3n) is 5.78. The maximum Gasteiger partial charge on any atom is 0.273 e. The summed E-state index contributed by atoms with van der Waals surface area (Å²) in [4.78, 5) is 25.3. The smallest absolute Gasteiger partial charge is 0.273 e. The van der Waals surface area contributed by atoms with Crippen molar-refractivity contribution in [3.63, 3.8) is 0 Å². The van der Waals surface area contributed by atoms with Crippen molar-refractivity contribution in [1.82, 2.24) is 29.9 Å². The Morgan fingerprint density at radius 1 is 1.14 bits per heavy atom. The number of pyridine rings is 2. The second-order valence-electron chi connectivity index (χ2n) is 9.08. The number of rotatable bonds is 8. The van der Waals surface area contributed by atoms with Crippen LogP contribution >= 0.6 is 0 Å². The lowest BCUT2D eigenvalue weighted by Gasteiger charge is -2.20. The van der Waals surface area contributed by atoms with E-state index in [-0.39, 0.29) is 23.9 Å². The Balaban J connectivity index is 1.53. The van der Waals surface area contributed by atoms with Crippen LogP contribution in [0.1, 0.15) is 31.3 Å². The molecule has 0 amide bonds. The van der Waals surface area contributed by atoms with E-state index in [0.717, 1.165) is 5.56 Å². The lowest BCUT2D eigenvalue weighted by Crippen LogP contribution is -2.17. The Morgan fingerprint density at radius 2 is 1.92 bits per heavy atom. The number of nitrogens with zero attached hydrogens (tertiary/aromatic N) is 5. The molecule has 0 fully saturated rings. The molecule has 0 aliphatic carbocycles. The van der Waals surface area contributed by atoms with Crippen molar-refractivity contribution in [2.75, 3.05) is 17.2 Å². The summed E-state index contributed by atoms with van der Waals surface area (Å²) < 4.78 is 6.98. The summed E-state index contributed by atoms with van der Waals surface area (Å²) in [7, 11) is 1.71. The average molecular weight is 503 g/mol. The van der Waals surface area contributed by atoms with Gasteiger partial charge in [0.15, 0.2) is 5.65 Å². The van der Waals surface area contributed by atoms with E-state index in [1.54, 1.807) is 50.0 Å². The van der Waals surface area contributed by atoms with Crippen molar-refractivity contribution in [3.8, 4) is 11.5 Å². The Hall–Kier alpha value is -4.55. The summed E-state index contributed by atoms with van der Waals surface area (Å²) in [6, 6.07) is 14.2. The minimum absolute atomic E-state index is 0.132. The normalized spacial score (nSPS) is 12.6. The second-order valence-corrected chi connectivity index (χ2v) is 9.08. The van der Waals surface area contributed by atoms with Crippen LogP contribution in [0.5, 0.6) is 0 Å². The molecule has 0 aliphatic heterocycles. The fourth-order valence-corrected chi connectivity index (χ4v) is 3.85. The van der Waals surface area contributed by atoms with Gasteiger partial charge < -0.3 is 25.4 Å². The molecular formula is C25H26N8O4. The summed E-state index contributed by atoms with van der Waals surface area (Å²) >= 11 is 0. The van der Waals surface area contributed by atoms with E-state index in [1.807, 2.05) is 30.3 Å². The summed E-state index contributed by atoms with van der Waals surface area (Å²) in [5.74, 6) is 1.22. The molecule has 5 N–H and O–H groups in total. The number of fused-ring (bicyclic) bond motifs is 1. The molecule has 0 bridgehead atoms. The van der Waals surface area contributed by atoms with Crippen LogP contribution in [0.4, 0.5) is 17.3 Å². The number of hydrogen-bond acceptors (Lipinski definition) is 10. The van der Waals surface area contributed by atoms with Crippen LogP contribution in [0.2, 0.25) is 0 Å². The van der Waals surface area contributed by atoms with Crippen LogP contribution < -0.4 is 16.2 Å². The molecule has 0 saturated carbocycles. The number of H-pyrrole nitrogens is 1. The molecule has 0 spiro atoms. The Kier molecular flexibility index (Phi) is 6.19. The lowest BCUT2D eigenvalue weighted by atomic mass is 10.1. The minimum atomic E-state index is -1.29. The quantitative estimate of drug-likeness (QED) is 0.213. The number of aryl methyl sites for hydroxylation is 1. The van der Waals surface area contributed by atoms with Crippen molar-refractivity contribution in [2.45, 2.75) is 25.5 Å². The molecule has 0 unspecified atom stereocenters. The van der Waals surface area contributed by atoms with Gasteiger partial charge in [0.1, 0.15) is 17.2 Å². The molecule has 0 aliphatic rings. The monoisotopic (exact) mass is 502 g/mol. The minimum Gasteiger partial charge on any atom is -0.394 e. The van der Waals surface area contributed by atoms with Crippen molar-refractivity contribution in [1.29, 1.82) is 0 Å². The number of aromatic nitrogens is 6. The van der Waals surface area contributed by atoms with Crippen molar-refractivity contribution in [3.05, 3.63) is 76.5 Å². The Bertz CT molecular complexity index is 1600. The molecule has 12 heteroatoms. The number of benzene rings is 1. The van der Waals surface area contributed by atoms with Crippen LogP contribution in [-0.2, 0) is 12.6 Å². The van der Waals surface area contributed by atoms with Gasteiger partial charge in [-0.3, -0.25) is 14.6 Å². The summed E-state index contributed by atoms with van der Waals surface area (Å²) in [6.45, 7) is 2.95. The molecule has 5 aromatic rings. The Morgan fingerprint density at radius 3 is 2.62 bits per heavy atom. The van der Waals surface area contributed by atoms with E-state index in [0.29, 0.717) is 33.9 Å². The molecule has 0 saturated heterocycles. The van der Waals surface area contributed by atoms with Crippen LogP contribution in [0.15, 0.2) is 64.0 Å². The summed E-state index contributed by atoms with van der Waals surface area (Å²) in [5, 5.41) is 33.9. The first kappa shape index (κ1) is 24.2. The van der Waals surface area contributed by atoms with E-state index in [1.165, 1.54) is 0 Å². The zero-order chi connectivity index (χ0) is 26.2. The van der Waals surface area contributed by atoms with Crippen LogP contribution in [0, 0.1) is 0 Å². The Labute approximate surface area is 211 Å². The van der Waals surface area contributed by atoms with Gasteiger partial charge in [0.25, 0.3) is 11.4 Å². The molecule has 37 heavy (non-hydrogen) atoms. The van der Waals surface area contributed by atoms with Gasteiger partial charge in [-0.2, -0.15) is 4.98 Å². The number of anilines is 3. The molecular weight excluding hydrogens is 476 g/mol. The average Bonchev–Trinajstić information content (AvgIpc) is 3.48. The molecule has 1 aromatic carbocycles. The summed E-state index contributed by atoms with van der Waals surface area (Å²) in [5.41, 5.74) is 0.919. The molecule has 4 heterocycles. The van der Waals surface area contributed by atoms with Gasteiger partial charge in [0.2, 0.25) is 5.82 Å². The molecule has 0 radical (unpaired) electrons. The van der Waals surface area contributed by atoms with Crippen LogP contribution in [-0.4, -0.2) is 46.7 Å². The third kappa shape index (κ3) is 4.92. The maximum absolute atomic E-state index is 12.0. The van der Waals surface area contributed by atoms with Gasteiger partial charge >= 0.3 is 0 Å². The highest BCUT2D eigenvalue weighted by Gasteiger charge is 2.25. The van der Waals surface area contributed by atoms with Gasteiger partial charge in [-0.1, -0.05) is 35.5 Å². The fraction of sp³-hybridized carbons (Fsp3) is 0.240. The largest absolute Gasteiger partial charge is 0.394 e. The van der Waals surface area contributed by atoms with Crippen molar-refractivity contribution >= 4 is 28.4 Å². The van der Waals surface area contributed by atoms with Gasteiger partial charge in [-0.05, 0) is 31.5 Å². The summed E-state index contributed by atoms with van der Waals surface area (Å²) in [6.07, 6.45) is 1.55. The fourth-order valence-electron chi connectivity index (χ4n) is 3.85. The molecule has 4 aromatic heterocycles. The van der Waals surface area contributed by atoms with Crippen molar-refractivity contribution in [2.24, 2.45) is 7.05 Å². The second kappa shape index (κ2) is 9.48. The standard InChI is InChI=1S/C25H26N8O4/c1-25(2,36)24-30-23(37-32-24)16-12-26-20(11-17(16)27-18(13-34)14-7-5-4-6-8-14)28-19-10-9-15-21(29-19)33(3)31-22(15)35/h4-12,18,34,36H,13H2,1-3H3,(H,31,35)(H2,26,27,28,29)/t18-/m1/s1. The predicted octanol–water partition coefficient (Wildman–Crippen LogP) is 2.82. The first-order valence-electron chi connectivity index (χ1n) is 11.5. The zero-order valence-corrected chi connectivity index (χ0v) is 20.4. The van der Waals surface area contributed by atoms with E-state index < -0.39 is 11.6 Å². The number of aliphatic hydroxyl groups excluding tert-OH is 1. The van der Waals surface area contributed by atoms with Crippen LogP contribution in [0.3, 0.4) is 0 Å². The predicted molar refractivity (Wildman–Crippen MR) is 137 cm³/mol. The number of hydrogen-bond donors (Lipinski definition) is 5. The van der Waals surface area contributed by atoms with E-state index in [4.69, 9.17) is 4.52 Å². The number of nitrogens with one attached hydrogen (secondary N) is 3. The van der Waals surface area contributed by atoms with E-state index in [9.17, 15) is 15.0 Å². The number of aliphatic hydroxyl groups is 2. The van der Waals surface area contributed by atoms with E-state index in [2.05, 4.69) is 35.8 Å². The topological polar surface area (TPSA) is 167 Å². The lowest BCUT2D eigenvalue weighted by molar-refractivity contribution is 0.0661.